The quantitative estimate of drug-likeness (QED) is 0.162. The molecular formula is C31H23IrN2O2-. The second-order valence-electron chi connectivity index (χ2n) is 8.99. The van der Waals surface area contributed by atoms with Crippen molar-refractivity contribution in [2.75, 3.05) is 0 Å². The molecule has 1 N–H and O–H groups in total. The Kier molecular flexibility index (Phi) is 5.99. The molecule has 2 aliphatic rings. The second kappa shape index (κ2) is 9.01. The van der Waals surface area contributed by atoms with Gasteiger partial charge < -0.3 is 10.1 Å². The molecule has 2 aromatic heterocycles. The predicted octanol–water partition coefficient (Wildman–Crippen LogP) is 6.57. The molecule has 0 amide bonds. The van der Waals surface area contributed by atoms with Crippen molar-refractivity contribution in [1.29, 1.82) is 0 Å². The molecule has 1 radical (unpaired) electrons. The number of ketones is 1. The van der Waals surface area contributed by atoms with Crippen LogP contribution in [-0.4, -0.2) is 15.9 Å². The normalized spacial score (nSPS) is 13.7. The third-order valence-corrected chi connectivity index (χ3v) is 6.82. The van der Waals surface area contributed by atoms with Crippen LogP contribution in [0.4, 0.5) is 0 Å². The number of para-hydroxylation sites is 1. The number of benzene rings is 3. The molecule has 0 unspecified atom stereocenters. The molecule has 7 rings (SSSR count). The van der Waals surface area contributed by atoms with Crippen molar-refractivity contribution in [2.45, 2.75) is 19.3 Å². The van der Waals surface area contributed by atoms with Crippen molar-refractivity contribution in [3.8, 4) is 22.5 Å². The molecule has 0 bridgehead atoms. The van der Waals surface area contributed by atoms with E-state index in [1.807, 2.05) is 6.20 Å². The van der Waals surface area contributed by atoms with Gasteiger partial charge in [0.05, 0.1) is 16.9 Å². The monoisotopic (exact) mass is 648 g/mol. The maximum Gasteiger partial charge on any atom is 0.155 e. The van der Waals surface area contributed by atoms with E-state index in [-0.39, 0.29) is 37.1 Å². The molecule has 1 spiro atoms. The number of allylic oxidation sites excluding steroid dienone is 2. The molecule has 36 heavy (non-hydrogen) atoms. The molecular weight excluding hydrogens is 625 g/mol. The van der Waals surface area contributed by atoms with E-state index >= 15 is 0 Å². The minimum absolute atomic E-state index is 0. The summed E-state index contributed by atoms with van der Waals surface area (Å²) in [5, 5.41) is 9.59. The molecule has 179 valence electrons. The molecule has 2 heterocycles. The van der Waals surface area contributed by atoms with Crippen LogP contribution >= 0.6 is 0 Å². The number of hydrogen-bond acceptors (Lipinski definition) is 3. The van der Waals surface area contributed by atoms with Crippen molar-refractivity contribution >= 4 is 16.7 Å². The van der Waals surface area contributed by atoms with Crippen LogP contribution in [0.2, 0.25) is 0 Å². The summed E-state index contributed by atoms with van der Waals surface area (Å²) in [4.78, 5) is 19.9. The van der Waals surface area contributed by atoms with Crippen LogP contribution < -0.4 is 4.98 Å². The van der Waals surface area contributed by atoms with Gasteiger partial charge in [-0.2, -0.15) is 0 Å². The summed E-state index contributed by atoms with van der Waals surface area (Å²) in [6.07, 6.45) is 3.05. The first kappa shape index (κ1) is 23.9. The van der Waals surface area contributed by atoms with Gasteiger partial charge in [-0.25, -0.2) is 0 Å². The Morgan fingerprint density at radius 3 is 2.03 bits per heavy atom. The van der Waals surface area contributed by atoms with Gasteiger partial charge in [-0.3, -0.25) is 9.78 Å². The van der Waals surface area contributed by atoms with E-state index in [9.17, 15) is 4.79 Å². The van der Waals surface area contributed by atoms with E-state index in [4.69, 9.17) is 15.1 Å². The summed E-state index contributed by atoms with van der Waals surface area (Å²) < 4.78 is 0. The number of hydrogen-bond donors (Lipinski definition) is 1. The molecule has 0 fully saturated rings. The minimum Gasteiger partial charge on any atom is -0.655 e. The van der Waals surface area contributed by atoms with E-state index in [2.05, 4.69) is 84.9 Å². The number of nitrogens with zero attached hydrogens (tertiary/aromatic N) is 2. The smallest absolute Gasteiger partial charge is 0.155 e. The Labute approximate surface area is 223 Å². The van der Waals surface area contributed by atoms with Crippen LogP contribution in [0.3, 0.4) is 0 Å². The number of carbonyl (C=O) groups is 1. The van der Waals surface area contributed by atoms with E-state index in [1.54, 1.807) is 0 Å². The minimum atomic E-state index is -0.345. The van der Waals surface area contributed by atoms with Gasteiger partial charge in [0.2, 0.25) is 0 Å². The summed E-state index contributed by atoms with van der Waals surface area (Å²) in [7, 11) is 0. The van der Waals surface area contributed by atoms with E-state index in [0.717, 1.165) is 16.9 Å². The summed E-state index contributed by atoms with van der Waals surface area (Å²) in [6, 6.07) is 30.4. The summed E-state index contributed by atoms with van der Waals surface area (Å²) >= 11 is 0. The van der Waals surface area contributed by atoms with Crippen LogP contribution in [-0.2, 0) is 30.3 Å². The van der Waals surface area contributed by atoms with Crippen LogP contribution in [0.25, 0.3) is 33.4 Å². The van der Waals surface area contributed by atoms with Crippen LogP contribution in [0.5, 0.6) is 0 Å². The Balaban J connectivity index is 0.000000297. The van der Waals surface area contributed by atoms with Crippen LogP contribution in [0, 0.1) is 0 Å². The topological polar surface area (TPSA) is 64.3 Å². The van der Waals surface area contributed by atoms with Crippen molar-refractivity contribution in [1.82, 2.24) is 9.97 Å². The fourth-order valence-corrected chi connectivity index (χ4v) is 5.76. The Morgan fingerprint density at radius 2 is 1.42 bits per heavy atom. The predicted molar refractivity (Wildman–Crippen MR) is 138 cm³/mol. The first-order valence-electron chi connectivity index (χ1n) is 11.6. The fourth-order valence-electron chi connectivity index (χ4n) is 5.76. The summed E-state index contributed by atoms with van der Waals surface area (Å²) in [6.45, 7) is 2.85. The van der Waals surface area contributed by atoms with Gasteiger partial charge in [0.25, 0.3) is 0 Å². The van der Waals surface area contributed by atoms with Gasteiger partial charge in [0.1, 0.15) is 0 Å². The van der Waals surface area contributed by atoms with Gasteiger partial charge in [-0.05, 0) is 58.7 Å². The third-order valence-electron chi connectivity index (χ3n) is 6.82. The molecule has 0 aliphatic heterocycles. The number of aromatic nitrogens is 2. The standard InChI is InChI=1S/C26H15N2.C5H8O2.Ir/c1-4-11-19-16(8-1)17-9-2-5-12-20(17)26(19)21-13-7-15-27-24(21)25-23(26)18-10-3-6-14-22(18)28-25;1-4(6)3-5(2)7;/h1-15H;3,6H,1-2H3;/q-1;;/b;4-3-;. The number of rotatable bonds is 1. The largest absolute Gasteiger partial charge is 0.655 e. The molecule has 5 heteroatoms. The van der Waals surface area contributed by atoms with Crippen LogP contribution in [0.1, 0.15) is 36.1 Å². The fraction of sp³-hybridized carbons (Fsp3) is 0.0968. The maximum atomic E-state index is 10.0. The molecule has 3 aromatic carbocycles. The van der Waals surface area contributed by atoms with E-state index < -0.39 is 0 Å². The average Bonchev–Trinajstić information content (AvgIpc) is 3.47. The number of pyridine rings is 1. The van der Waals surface area contributed by atoms with Crippen molar-refractivity contribution < 1.29 is 30.0 Å². The number of aliphatic hydroxyl groups excluding tert-OH is 1. The zero-order chi connectivity index (χ0) is 24.2. The van der Waals surface area contributed by atoms with Gasteiger partial charge in [-0.1, -0.05) is 78.9 Å². The van der Waals surface area contributed by atoms with Crippen molar-refractivity contribution in [3.63, 3.8) is 0 Å². The zero-order valence-electron chi connectivity index (χ0n) is 19.8. The molecule has 0 saturated heterocycles. The summed E-state index contributed by atoms with van der Waals surface area (Å²) in [5.41, 5.74) is 10.6. The Hall–Kier alpha value is -3.79. The molecule has 2 aliphatic carbocycles. The third kappa shape index (κ3) is 3.31. The van der Waals surface area contributed by atoms with Crippen LogP contribution in [0.15, 0.2) is 103 Å². The first-order chi connectivity index (χ1) is 17.0. The number of carbonyl (C=O) groups excluding carboxylic acids is 1. The molecule has 4 nitrogen and oxygen atoms in total. The van der Waals surface area contributed by atoms with Gasteiger partial charge in [0.15, 0.2) is 5.78 Å². The molecule has 5 aromatic rings. The second-order valence-corrected chi connectivity index (χ2v) is 8.99. The zero-order valence-corrected chi connectivity index (χ0v) is 22.2. The number of fused-ring (bicyclic) bond motifs is 12. The maximum absolute atomic E-state index is 10.0. The number of aliphatic hydroxyl groups is 1. The van der Waals surface area contributed by atoms with Crippen molar-refractivity contribution in [3.05, 3.63) is 125 Å². The SMILES string of the molecule is CC(=O)/C=C(/C)O.[Ir].c1ccc2c(c1)-c1ccccc1C21c2cccnc2-c2[n-]c3ccccc3c21. The molecule has 0 saturated carbocycles. The average molecular weight is 648 g/mol. The molecule has 0 atom stereocenters. The Morgan fingerprint density at radius 1 is 0.833 bits per heavy atom. The van der Waals surface area contributed by atoms with E-state index in [0.29, 0.717) is 0 Å². The van der Waals surface area contributed by atoms with Crippen molar-refractivity contribution in [2.24, 2.45) is 0 Å². The van der Waals surface area contributed by atoms with Gasteiger partial charge >= 0.3 is 0 Å². The summed E-state index contributed by atoms with van der Waals surface area (Å²) in [5.74, 6) is -0.0625. The van der Waals surface area contributed by atoms with Gasteiger partial charge in [0, 0.05) is 32.4 Å². The van der Waals surface area contributed by atoms with Gasteiger partial charge in [-0.15, -0.1) is 11.2 Å². The van der Waals surface area contributed by atoms with E-state index in [1.165, 1.54) is 58.7 Å². The first-order valence-corrected chi connectivity index (χ1v) is 11.6. The Bertz CT molecular complexity index is 1620.